The Hall–Kier alpha value is -3.59. The predicted molar refractivity (Wildman–Crippen MR) is 159 cm³/mol. The number of ether oxygens (including phenoxy) is 4. The van der Waals surface area contributed by atoms with Crippen molar-refractivity contribution in [1.82, 2.24) is 4.57 Å². The smallest absolute Gasteiger partial charge is 0.338 e. The van der Waals surface area contributed by atoms with E-state index in [1.165, 1.54) is 23.0 Å². The monoisotopic (exact) mass is 659 g/mol. The molecule has 0 amide bonds. The number of rotatable bonds is 9. The van der Waals surface area contributed by atoms with Crippen LogP contribution in [0, 0.1) is 11.3 Å². The Morgan fingerprint density at radius 2 is 2.05 bits per heavy atom. The summed E-state index contributed by atoms with van der Waals surface area (Å²) in [7, 11) is 1.53. The van der Waals surface area contributed by atoms with Crippen molar-refractivity contribution < 1.29 is 23.7 Å². The van der Waals surface area contributed by atoms with Crippen LogP contribution in [0.3, 0.4) is 0 Å². The summed E-state index contributed by atoms with van der Waals surface area (Å²) in [5.41, 5.74) is 1.63. The van der Waals surface area contributed by atoms with Gasteiger partial charge in [0.25, 0.3) is 5.56 Å². The third kappa shape index (κ3) is 6.35. The van der Waals surface area contributed by atoms with E-state index in [0.717, 1.165) is 0 Å². The van der Waals surface area contributed by atoms with Crippen LogP contribution in [0.2, 0.25) is 5.02 Å². The number of thiazole rings is 1. The fourth-order valence-electron chi connectivity index (χ4n) is 4.37. The first kappa shape index (κ1) is 30.4. The first-order valence-corrected chi connectivity index (χ1v) is 14.6. The summed E-state index contributed by atoms with van der Waals surface area (Å²) >= 11 is 11.0. The fraction of sp³-hybridized carbons (Fsp3) is 0.310. The molecule has 12 heteroatoms. The van der Waals surface area contributed by atoms with Gasteiger partial charge in [0.15, 0.2) is 28.7 Å². The molecule has 0 radical (unpaired) electrons. The summed E-state index contributed by atoms with van der Waals surface area (Å²) < 4.78 is 24.6. The first-order valence-electron chi connectivity index (χ1n) is 12.6. The maximum Gasteiger partial charge on any atom is 0.338 e. The molecule has 41 heavy (non-hydrogen) atoms. The lowest BCUT2D eigenvalue weighted by molar-refractivity contribution is -0.139. The van der Waals surface area contributed by atoms with Gasteiger partial charge in [-0.1, -0.05) is 29.0 Å². The Morgan fingerprint density at radius 1 is 1.29 bits per heavy atom. The second-order valence-corrected chi connectivity index (χ2v) is 11.4. The van der Waals surface area contributed by atoms with Gasteiger partial charge >= 0.3 is 5.97 Å². The summed E-state index contributed by atoms with van der Waals surface area (Å²) in [6.45, 7) is 7.28. The van der Waals surface area contributed by atoms with E-state index in [1.807, 2.05) is 19.9 Å². The summed E-state index contributed by atoms with van der Waals surface area (Å²) in [5.74, 6) is 0.787. The van der Waals surface area contributed by atoms with Crippen molar-refractivity contribution in [3.63, 3.8) is 0 Å². The third-order valence-electron chi connectivity index (χ3n) is 5.98. The van der Waals surface area contributed by atoms with Gasteiger partial charge in [-0.3, -0.25) is 9.36 Å². The minimum atomic E-state index is -0.813. The van der Waals surface area contributed by atoms with Crippen LogP contribution < -0.4 is 29.1 Å². The Labute approximate surface area is 254 Å². The van der Waals surface area contributed by atoms with Gasteiger partial charge in [0.05, 0.1) is 51.2 Å². The zero-order valence-electron chi connectivity index (χ0n) is 23.0. The number of halogens is 2. The molecule has 1 atom stereocenters. The van der Waals surface area contributed by atoms with Gasteiger partial charge in [0.2, 0.25) is 0 Å². The molecule has 0 saturated carbocycles. The second-order valence-electron chi connectivity index (χ2n) is 9.14. The number of carbonyl (C=O) groups excluding carboxylic acids is 1. The normalized spacial score (nSPS) is 14.8. The standard InChI is InChI=1S/C29H27BrClN3O6S/c1-6-38-28(36)24-16(4)33-29-34(25(24)18-7-8-21(40-15(2)3)22(14-18)37-5)27(35)23(41-29)13-17-11-19(30)26(20(31)12-17)39-10-9-32/h7-8,11-15,25H,6,10H2,1-5H3/b23-13-/t25-/m1/s1. The van der Waals surface area contributed by atoms with Crippen LogP contribution in [0.25, 0.3) is 6.08 Å². The van der Waals surface area contributed by atoms with Crippen molar-refractivity contribution in [3.05, 3.63) is 81.9 Å². The van der Waals surface area contributed by atoms with Gasteiger partial charge in [-0.25, -0.2) is 9.79 Å². The molecule has 1 aromatic heterocycles. The van der Waals surface area contributed by atoms with Crippen LogP contribution in [0.4, 0.5) is 0 Å². The number of esters is 1. The predicted octanol–water partition coefficient (Wildman–Crippen LogP) is 4.91. The van der Waals surface area contributed by atoms with Gasteiger partial charge in [0, 0.05) is 0 Å². The van der Waals surface area contributed by atoms with Crippen LogP contribution in [-0.4, -0.2) is 37.0 Å². The SMILES string of the molecule is CCOC(=O)C1=C(C)N=c2s/c(=C\c3cc(Cl)c(OCC#N)c(Br)c3)c(=O)n2[C@@H]1c1ccc(OC(C)C)c(OC)c1. The van der Waals surface area contributed by atoms with E-state index in [9.17, 15) is 9.59 Å². The number of aromatic nitrogens is 1. The molecule has 0 fully saturated rings. The highest BCUT2D eigenvalue weighted by molar-refractivity contribution is 9.10. The van der Waals surface area contributed by atoms with E-state index in [2.05, 4.69) is 20.9 Å². The number of carbonyl (C=O) groups is 1. The number of nitriles is 1. The van der Waals surface area contributed by atoms with E-state index in [-0.39, 0.29) is 35.5 Å². The molecule has 1 aliphatic rings. The van der Waals surface area contributed by atoms with Crippen molar-refractivity contribution >= 4 is 50.9 Å². The molecule has 2 heterocycles. The number of hydrogen-bond acceptors (Lipinski definition) is 9. The Morgan fingerprint density at radius 3 is 2.68 bits per heavy atom. The molecule has 0 saturated heterocycles. The Kier molecular flexibility index (Phi) is 9.58. The van der Waals surface area contributed by atoms with E-state index < -0.39 is 12.0 Å². The van der Waals surface area contributed by atoms with Crippen LogP contribution in [-0.2, 0) is 9.53 Å². The van der Waals surface area contributed by atoms with Crippen molar-refractivity contribution in [2.45, 2.75) is 39.8 Å². The summed E-state index contributed by atoms with van der Waals surface area (Å²) in [6.07, 6.45) is 1.61. The number of methoxy groups -OCH3 is 1. The topological polar surface area (TPSA) is 112 Å². The van der Waals surface area contributed by atoms with Gasteiger partial charge in [-0.05, 0) is 85.1 Å². The van der Waals surface area contributed by atoms with Gasteiger partial charge in [-0.2, -0.15) is 5.26 Å². The molecular formula is C29H27BrClN3O6S. The molecule has 0 unspecified atom stereocenters. The molecule has 0 bridgehead atoms. The van der Waals surface area contributed by atoms with Crippen LogP contribution >= 0.6 is 38.9 Å². The quantitative estimate of drug-likeness (QED) is 0.300. The van der Waals surface area contributed by atoms with Crippen molar-refractivity contribution in [3.8, 4) is 23.3 Å². The van der Waals surface area contributed by atoms with Crippen molar-refractivity contribution in [2.75, 3.05) is 20.3 Å². The molecule has 0 aliphatic carbocycles. The Bertz CT molecular complexity index is 1730. The highest BCUT2D eigenvalue weighted by atomic mass is 79.9. The highest BCUT2D eigenvalue weighted by Gasteiger charge is 2.34. The van der Waals surface area contributed by atoms with E-state index in [1.54, 1.807) is 50.3 Å². The molecule has 9 nitrogen and oxygen atoms in total. The van der Waals surface area contributed by atoms with Crippen LogP contribution in [0.5, 0.6) is 17.2 Å². The zero-order valence-corrected chi connectivity index (χ0v) is 26.1. The zero-order chi connectivity index (χ0) is 29.8. The second kappa shape index (κ2) is 12.9. The number of fused-ring (bicyclic) bond motifs is 1. The molecule has 214 valence electrons. The third-order valence-corrected chi connectivity index (χ3v) is 7.84. The number of nitrogens with zero attached hydrogens (tertiary/aromatic N) is 3. The molecule has 4 rings (SSSR count). The van der Waals surface area contributed by atoms with Gasteiger partial charge < -0.3 is 18.9 Å². The molecule has 3 aromatic rings. The first-order chi connectivity index (χ1) is 19.6. The minimum absolute atomic E-state index is 0.0785. The van der Waals surface area contributed by atoms with Gasteiger partial charge in [-0.15, -0.1) is 0 Å². The number of allylic oxidation sites excluding steroid dienone is 1. The summed E-state index contributed by atoms with van der Waals surface area (Å²) in [5, 5.41) is 9.10. The highest BCUT2D eigenvalue weighted by Crippen LogP contribution is 2.37. The molecule has 2 aromatic carbocycles. The van der Waals surface area contributed by atoms with Crippen molar-refractivity contribution in [2.24, 2.45) is 4.99 Å². The summed E-state index contributed by atoms with van der Waals surface area (Å²) in [4.78, 5) is 32.2. The number of hydrogen-bond donors (Lipinski definition) is 0. The lowest BCUT2D eigenvalue weighted by atomic mass is 9.95. The summed E-state index contributed by atoms with van der Waals surface area (Å²) in [6, 6.07) is 9.79. The van der Waals surface area contributed by atoms with Crippen LogP contribution in [0.1, 0.15) is 44.9 Å². The van der Waals surface area contributed by atoms with E-state index in [4.69, 9.17) is 35.8 Å². The maximum atomic E-state index is 13.9. The fourth-order valence-corrected chi connectivity index (χ4v) is 6.40. The van der Waals surface area contributed by atoms with Crippen LogP contribution in [0.15, 0.2) is 55.9 Å². The average Bonchev–Trinajstić information content (AvgIpc) is 3.21. The van der Waals surface area contributed by atoms with E-state index >= 15 is 0 Å². The van der Waals surface area contributed by atoms with Gasteiger partial charge in [0.1, 0.15) is 6.07 Å². The maximum absolute atomic E-state index is 13.9. The Balaban J connectivity index is 1.91. The lowest BCUT2D eigenvalue weighted by Gasteiger charge is -2.25. The largest absolute Gasteiger partial charge is 0.493 e. The lowest BCUT2D eigenvalue weighted by Crippen LogP contribution is -2.40. The van der Waals surface area contributed by atoms with E-state index in [0.29, 0.717) is 47.9 Å². The van der Waals surface area contributed by atoms with Crippen molar-refractivity contribution in [1.29, 1.82) is 5.26 Å². The average molecular weight is 661 g/mol. The molecule has 0 spiro atoms. The number of benzene rings is 2. The molecule has 1 aliphatic heterocycles. The molecular weight excluding hydrogens is 634 g/mol. The minimum Gasteiger partial charge on any atom is -0.493 e. The molecule has 0 N–H and O–H groups in total.